The zero-order valence-corrected chi connectivity index (χ0v) is 35.6. The number of aromatic nitrogens is 4. The third-order valence-corrected chi connectivity index (χ3v) is 13.1. The van der Waals surface area contributed by atoms with Crippen LogP contribution in [0.15, 0.2) is 48.8 Å². The van der Waals surface area contributed by atoms with Gasteiger partial charge in [-0.25, -0.2) is 19.6 Å². The molecule has 8 rings (SSSR count). The zero-order chi connectivity index (χ0) is 42.4. The van der Waals surface area contributed by atoms with Crippen molar-refractivity contribution in [3.63, 3.8) is 0 Å². The first-order valence-corrected chi connectivity index (χ1v) is 21.3. The van der Waals surface area contributed by atoms with Crippen LogP contribution < -0.4 is 10.6 Å². The highest BCUT2D eigenvalue weighted by Crippen LogP contribution is 2.57. The number of likely N-dealkylation sites (tertiary alicyclic amines) is 2. The highest BCUT2D eigenvalue weighted by atomic mass is 16.5. The van der Waals surface area contributed by atoms with Crippen molar-refractivity contribution in [3.05, 3.63) is 71.6 Å². The molecule has 15 nitrogen and oxygen atoms in total. The first-order valence-electron chi connectivity index (χ1n) is 21.3. The molecule has 318 valence electrons. The zero-order valence-electron chi connectivity index (χ0n) is 35.6. The lowest BCUT2D eigenvalue weighted by Crippen LogP contribution is -2.51. The van der Waals surface area contributed by atoms with Crippen molar-refractivity contribution in [1.82, 2.24) is 45.3 Å². The van der Waals surface area contributed by atoms with Gasteiger partial charge in [-0.3, -0.25) is 14.5 Å². The Morgan fingerprint density at radius 1 is 0.633 bits per heavy atom. The van der Waals surface area contributed by atoms with Gasteiger partial charge in [0.05, 0.1) is 50.1 Å². The number of benzene rings is 2. The van der Waals surface area contributed by atoms with E-state index < -0.39 is 24.3 Å². The molecule has 0 radical (unpaired) electrons. The molecule has 4 N–H and O–H groups in total. The summed E-state index contributed by atoms with van der Waals surface area (Å²) in [7, 11) is 4.82. The van der Waals surface area contributed by atoms with Crippen LogP contribution in [0.2, 0.25) is 0 Å². The van der Waals surface area contributed by atoms with Gasteiger partial charge in [0.25, 0.3) is 0 Å². The van der Waals surface area contributed by atoms with Gasteiger partial charge in [0, 0.05) is 30.7 Å². The lowest BCUT2D eigenvalue weighted by atomic mass is 9.82. The third-order valence-electron chi connectivity index (χ3n) is 13.1. The number of carbonyl (C=O) groups excluding carboxylic acids is 4. The Morgan fingerprint density at radius 3 is 1.58 bits per heavy atom. The first-order chi connectivity index (χ1) is 28.9. The van der Waals surface area contributed by atoms with Crippen LogP contribution in [0.25, 0.3) is 33.6 Å². The Balaban J connectivity index is 1.03. The standard InChI is InChI=1S/C45H57N9O6/c1-24(2)38(50-44(57)59-6)42(55)53-20-8-10-34(53)40-46-22-30(48-40)27-14-12-26(13-15-27)28-16-17-29(37-33-19-18-32(36(28)37)52(33)5)31-23-47-41(49-31)35-11-9-21-54(35)43(56)39(25(3)4)51-45(58)60-7/h12-17,22-25,32-35,38-39H,8-11,18-21H2,1-7H3,(H,46,48)(H,47,49)(H,50,57)(H,51,58)/t32?,33?,34-,35-,38-,39+/m0/s1. The highest BCUT2D eigenvalue weighted by molar-refractivity contribution is 5.87. The van der Waals surface area contributed by atoms with Crippen LogP contribution in [0, 0.1) is 11.8 Å². The van der Waals surface area contributed by atoms with E-state index in [1.165, 1.54) is 30.9 Å². The van der Waals surface area contributed by atoms with Crippen molar-refractivity contribution < 1.29 is 28.7 Å². The fraction of sp³-hybridized carbons (Fsp3) is 0.511. The van der Waals surface area contributed by atoms with Crippen LogP contribution in [-0.2, 0) is 19.1 Å². The Kier molecular flexibility index (Phi) is 11.5. The van der Waals surface area contributed by atoms with Crippen LogP contribution in [0.5, 0.6) is 0 Å². The summed E-state index contributed by atoms with van der Waals surface area (Å²) in [6.45, 7) is 8.85. The van der Waals surface area contributed by atoms with Crippen LogP contribution in [0.4, 0.5) is 9.59 Å². The average Bonchev–Trinajstić information content (AvgIpc) is 4.12. The van der Waals surface area contributed by atoms with E-state index in [9.17, 15) is 19.2 Å². The summed E-state index contributed by atoms with van der Waals surface area (Å²) in [5, 5.41) is 5.45. The molecule has 3 fully saturated rings. The van der Waals surface area contributed by atoms with Gasteiger partial charge >= 0.3 is 12.2 Å². The molecule has 4 aliphatic heterocycles. The number of alkyl carbamates (subject to hydrolysis) is 2. The predicted octanol–water partition coefficient (Wildman–Crippen LogP) is 7.04. The second kappa shape index (κ2) is 16.7. The Labute approximate surface area is 351 Å². The second-order valence-electron chi connectivity index (χ2n) is 17.3. The summed E-state index contributed by atoms with van der Waals surface area (Å²) in [6, 6.07) is 11.8. The molecule has 2 bridgehead atoms. The molecule has 0 spiro atoms. The summed E-state index contributed by atoms with van der Waals surface area (Å²) in [4.78, 5) is 74.5. The summed E-state index contributed by atoms with van der Waals surface area (Å²) in [5.41, 5.74) is 9.00. The van der Waals surface area contributed by atoms with Gasteiger partial charge in [0.2, 0.25) is 11.8 Å². The number of ether oxygens (including phenoxy) is 2. The van der Waals surface area contributed by atoms with Gasteiger partial charge in [-0.1, -0.05) is 64.1 Å². The molecule has 2 aromatic carbocycles. The SMILES string of the molecule is COC(=O)N[C@H](C(=O)N1CCC[C@H]1c1ncc(-c2ccc(-c3ccc(-c4cnc([C@@H]5CCCN5C(=O)[C@H](NC(=O)OC)C(C)C)[nH]4)c4c3C3CCC4N3C)cc2)[nH]1)C(C)C. The quantitative estimate of drug-likeness (QED) is 0.124. The number of rotatable bonds is 11. The summed E-state index contributed by atoms with van der Waals surface area (Å²) in [6.07, 6.45) is 7.96. The number of aromatic amines is 2. The third kappa shape index (κ3) is 7.41. The minimum absolute atomic E-state index is 0.107. The minimum Gasteiger partial charge on any atom is -0.453 e. The lowest BCUT2D eigenvalue weighted by molar-refractivity contribution is -0.136. The molecule has 2 aromatic heterocycles. The van der Waals surface area contributed by atoms with E-state index in [1.54, 1.807) is 0 Å². The number of methoxy groups -OCH3 is 2. The topological polar surface area (TPSA) is 178 Å². The van der Waals surface area contributed by atoms with Crippen LogP contribution in [-0.4, -0.2) is 105 Å². The molecule has 0 aliphatic carbocycles. The van der Waals surface area contributed by atoms with Crippen LogP contribution in [0.1, 0.15) is 113 Å². The maximum absolute atomic E-state index is 13.8. The normalized spacial score (nSPS) is 22.0. The van der Waals surface area contributed by atoms with Crippen molar-refractivity contribution in [2.24, 2.45) is 11.8 Å². The molecular weight excluding hydrogens is 763 g/mol. The minimum atomic E-state index is -0.692. The average molecular weight is 820 g/mol. The maximum atomic E-state index is 13.8. The number of imidazole rings is 2. The molecule has 15 heteroatoms. The first kappa shape index (κ1) is 41.1. The number of H-pyrrole nitrogens is 2. The van der Waals surface area contributed by atoms with Gasteiger partial charge < -0.3 is 39.9 Å². The Hall–Kier alpha value is -5.70. The van der Waals surface area contributed by atoms with Crippen molar-refractivity contribution in [2.45, 2.75) is 102 Å². The fourth-order valence-corrected chi connectivity index (χ4v) is 9.99. The number of hydrogen-bond donors (Lipinski definition) is 4. The van der Waals surface area contributed by atoms with E-state index in [2.05, 4.69) is 68.9 Å². The van der Waals surface area contributed by atoms with Gasteiger partial charge in [-0.2, -0.15) is 0 Å². The Bertz CT molecular complexity index is 2250. The van der Waals surface area contributed by atoms with E-state index in [0.29, 0.717) is 25.2 Å². The molecule has 60 heavy (non-hydrogen) atoms. The molecule has 6 heterocycles. The molecule has 0 saturated carbocycles. The lowest BCUT2D eigenvalue weighted by Gasteiger charge is -2.30. The van der Waals surface area contributed by atoms with E-state index in [4.69, 9.17) is 19.4 Å². The number of carbonyl (C=O) groups is 4. The van der Waals surface area contributed by atoms with E-state index in [0.717, 1.165) is 78.3 Å². The summed E-state index contributed by atoms with van der Waals surface area (Å²) < 4.78 is 9.60. The molecule has 4 aromatic rings. The number of nitrogens with one attached hydrogen (secondary N) is 4. The van der Waals surface area contributed by atoms with Crippen LogP contribution in [0.3, 0.4) is 0 Å². The second-order valence-corrected chi connectivity index (χ2v) is 17.3. The van der Waals surface area contributed by atoms with E-state index >= 15 is 0 Å². The van der Waals surface area contributed by atoms with Gasteiger partial charge in [-0.15, -0.1) is 0 Å². The monoisotopic (exact) mass is 819 g/mol. The maximum Gasteiger partial charge on any atom is 0.407 e. The van der Waals surface area contributed by atoms with Gasteiger partial charge in [0.1, 0.15) is 23.7 Å². The Morgan fingerprint density at radius 2 is 1.08 bits per heavy atom. The highest BCUT2D eigenvalue weighted by Gasteiger charge is 2.45. The van der Waals surface area contributed by atoms with Crippen LogP contribution >= 0.6 is 0 Å². The van der Waals surface area contributed by atoms with Crippen molar-refractivity contribution in [3.8, 4) is 33.6 Å². The van der Waals surface area contributed by atoms with E-state index in [1.807, 2.05) is 49.9 Å². The van der Waals surface area contributed by atoms with Gasteiger partial charge in [-0.05, 0) is 85.2 Å². The number of nitrogens with zero attached hydrogens (tertiary/aromatic N) is 5. The largest absolute Gasteiger partial charge is 0.453 e. The molecule has 6 atom stereocenters. The van der Waals surface area contributed by atoms with E-state index in [-0.39, 0.29) is 35.7 Å². The molecule has 2 unspecified atom stereocenters. The molecule has 4 amide bonds. The smallest absolute Gasteiger partial charge is 0.407 e. The molecule has 3 saturated heterocycles. The fourth-order valence-electron chi connectivity index (χ4n) is 9.99. The predicted molar refractivity (Wildman–Crippen MR) is 225 cm³/mol. The molecule has 4 aliphatic rings. The van der Waals surface area contributed by atoms with Crippen molar-refractivity contribution in [2.75, 3.05) is 34.4 Å². The summed E-state index contributed by atoms with van der Waals surface area (Å²) in [5.74, 6) is 1.01. The van der Waals surface area contributed by atoms with Crippen molar-refractivity contribution in [1.29, 1.82) is 0 Å². The summed E-state index contributed by atoms with van der Waals surface area (Å²) >= 11 is 0. The van der Waals surface area contributed by atoms with Crippen molar-refractivity contribution >= 4 is 24.0 Å². The number of hydrogen-bond acceptors (Lipinski definition) is 9. The number of amides is 4. The molecular formula is C45H57N9O6. The van der Waals surface area contributed by atoms with Gasteiger partial charge in [0.15, 0.2) is 0 Å². The number of fused-ring (bicyclic) bond motifs is 5.